The van der Waals surface area contributed by atoms with Crippen LogP contribution in [0.5, 0.6) is 0 Å². The third-order valence-electron chi connectivity index (χ3n) is 3.64. The standard InChI is InChI=1S/C16H32N4O.HI/c1-5-17-16(18-10-14(4)12-21)19-15-6-8-20(9-7-15)11-13(2)3;/h14-15,21H,2,5-12H2,1,3-4H3,(H2,17,18,19);1H. The Bertz CT molecular complexity index is 341. The van der Waals surface area contributed by atoms with Crippen LogP contribution in [-0.4, -0.2) is 61.3 Å². The van der Waals surface area contributed by atoms with Crippen LogP contribution in [-0.2, 0) is 0 Å². The molecule has 130 valence electrons. The Morgan fingerprint density at radius 1 is 1.41 bits per heavy atom. The topological polar surface area (TPSA) is 59.9 Å². The molecule has 0 bridgehead atoms. The Morgan fingerprint density at radius 2 is 2.05 bits per heavy atom. The second-order valence-electron chi connectivity index (χ2n) is 6.16. The highest BCUT2D eigenvalue weighted by molar-refractivity contribution is 14.0. The maximum Gasteiger partial charge on any atom is 0.191 e. The van der Waals surface area contributed by atoms with Gasteiger partial charge in [-0.15, -0.1) is 24.0 Å². The van der Waals surface area contributed by atoms with Gasteiger partial charge in [-0.1, -0.05) is 19.1 Å². The predicted octanol–water partition coefficient (Wildman–Crippen LogP) is 1.83. The normalized spacial score (nSPS) is 18.5. The van der Waals surface area contributed by atoms with Crippen molar-refractivity contribution in [2.45, 2.75) is 39.7 Å². The lowest BCUT2D eigenvalue weighted by Crippen LogP contribution is -2.49. The van der Waals surface area contributed by atoms with Crippen molar-refractivity contribution in [1.82, 2.24) is 15.5 Å². The zero-order valence-corrected chi connectivity index (χ0v) is 16.6. The van der Waals surface area contributed by atoms with Crippen molar-refractivity contribution in [2.24, 2.45) is 10.9 Å². The van der Waals surface area contributed by atoms with Gasteiger partial charge in [-0.2, -0.15) is 0 Å². The fourth-order valence-corrected chi connectivity index (χ4v) is 2.44. The van der Waals surface area contributed by atoms with Gasteiger partial charge in [0.15, 0.2) is 5.96 Å². The van der Waals surface area contributed by atoms with Crippen LogP contribution < -0.4 is 10.6 Å². The van der Waals surface area contributed by atoms with Gasteiger partial charge >= 0.3 is 0 Å². The summed E-state index contributed by atoms with van der Waals surface area (Å²) < 4.78 is 0. The summed E-state index contributed by atoms with van der Waals surface area (Å²) in [5, 5.41) is 15.9. The molecule has 1 heterocycles. The molecule has 1 rings (SSSR count). The van der Waals surface area contributed by atoms with Crippen molar-refractivity contribution < 1.29 is 5.11 Å². The molecule has 5 nitrogen and oxygen atoms in total. The van der Waals surface area contributed by atoms with Gasteiger partial charge in [0, 0.05) is 45.4 Å². The Morgan fingerprint density at radius 3 is 2.55 bits per heavy atom. The maximum atomic E-state index is 9.08. The van der Waals surface area contributed by atoms with E-state index >= 15 is 0 Å². The largest absolute Gasteiger partial charge is 0.396 e. The number of halogens is 1. The molecule has 1 fully saturated rings. The van der Waals surface area contributed by atoms with E-state index in [0.29, 0.717) is 12.6 Å². The number of likely N-dealkylation sites (tertiary alicyclic amines) is 1. The molecule has 0 saturated carbocycles. The Hall–Kier alpha value is -0.340. The van der Waals surface area contributed by atoms with Crippen LogP contribution in [0.1, 0.15) is 33.6 Å². The summed E-state index contributed by atoms with van der Waals surface area (Å²) in [7, 11) is 0. The van der Waals surface area contributed by atoms with Crippen molar-refractivity contribution in [3.8, 4) is 0 Å². The number of rotatable bonds is 7. The lowest BCUT2D eigenvalue weighted by Gasteiger charge is -2.33. The molecule has 0 aromatic heterocycles. The third kappa shape index (κ3) is 8.95. The maximum absolute atomic E-state index is 9.08. The van der Waals surface area contributed by atoms with Crippen LogP contribution in [0.15, 0.2) is 17.1 Å². The quantitative estimate of drug-likeness (QED) is 0.253. The van der Waals surface area contributed by atoms with Crippen LogP contribution in [0, 0.1) is 5.92 Å². The van der Waals surface area contributed by atoms with Gasteiger partial charge in [0.1, 0.15) is 0 Å². The molecule has 1 unspecified atom stereocenters. The van der Waals surface area contributed by atoms with E-state index in [1.807, 2.05) is 6.92 Å². The van der Waals surface area contributed by atoms with Gasteiger partial charge in [-0.3, -0.25) is 9.89 Å². The number of piperidine rings is 1. The van der Waals surface area contributed by atoms with Crippen LogP contribution >= 0.6 is 24.0 Å². The number of nitrogens with one attached hydrogen (secondary N) is 2. The summed E-state index contributed by atoms with van der Waals surface area (Å²) in [5.41, 5.74) is 1.23. The Balaban J connectivity index is 0.00000441. The first-order chi connectivity index (χ1) is 10.0. The molecular weight excluding hydrogens is 391 g/mol. The highest BCUT2D eigenvalue weighted by Crippen LogP contribution is 2.11. The smallest absolute Gasteiger partial charge is 0.191 e. The zero-order chi connectivity index (χ0) is 15.7. The monoisotopic (exact) mass is 424 g/mol. The van der Waals surface area contributed by atoms with Gasteiger partial charge in [-0.25, -0.2) is 0 Å². The number of hydrogen-bond acceptors (Lipinski definition) is 3. The number of aliphatic hydroxyl groups excluding tert-OH is 1. The number of aliphatic hydroxyl groups is 1. The number of aliphatic imine (C=N–C) groups is 1. The van der Waals surface area contributed by atoms with E-state index in [1.165, 1.54) is 5.57 Å². The lowest BCUT2D eigenvalue weighted by atomic mass is 10.0. The first kappa shape index (κ1) is 21.7. The highest BCUT2D eigenvalue weighted by Gasteiger charge is 2.19. The van der Waals surface area contributed by atoms with Crippen LogP contribution in [0.4, 0.5) is 0 Å². The average Bonchev–Trinajstić information content (AvgIpc) is 2.46. The van der Waals surface area contributed by atoms with Crippen molar-refractivity contribution in [3.63, 3.8) is 0 Å². The number of nitrogens with zero attached hydrogens (tertiary/aromatic N) is 2. The molecule has 1 aliphatic rings. The highest BCUT2D eigenvalue weighted by atomic mass is 127. The van der Waals surface area contributed by atoms with Gasteiger partial charge in [0.2, 0.25) is 0 Å². The SMILES string of the molecule is C=C(C)CN1CCC(NC(=NCC(C)CO)NCC)CC1.I. The first-order valence-corrected chi connectivity index (χ1v) is 8.07. The van der Waals surface area contributed by atoms with Crippen molar-refractivity contribution >= 4 is 29.9 Å². The summed E-state index contributed by atoms with van der Waals surface area (Å²) in [6.07, 6.45) is 2.26. The summed E-state index contributed by atoms with van der Waals surface area (Å²) in [4.78, 5) is 7.01. The zero-order valence-electron chi connectivity index (χ0n) is 14.3. The van der Waals surface area contributed by atoms with Crippen molar-refractivity contribution in [2.75, 3.05) is 39.3 Å². The molecule has 1 saturated heterocycles. The molecule has 0 radical (unpaired) electrons. The molecule has 0 aromatic rings. The van der Waals surface area contributed by atoms with E-state index in [0.717, 1.165) is 45.0 Å². The predicted molar refractivity (Wildman–Crippen MR) is 105 cm³/mol. The Kier molecular flexibility index (Phi) is 11.9. The summed E-state index contributed by atoms with van der Waals surface area (Å²) in [6, 6.07) is 0.480. The van der Waals surface area contributed by atoms with E-state index in [1.54, 1.807) is 0 Å². The number of guanidine groups is 1. The molecule has 0 amide bonds. The minimum atomic E-state index is 0. The van der Waals surface area contributed by atoms with Crippen molar-refractivity contribution in [1.29, 1.82) is 0 Å². The van der Waals surface area contributed by atoms with E-state index in [4.69, 9.17) is 5.11 Å². The summed E-state index contributed by atoms with van der Waals surface area (Å²) in [6.45, 7) is 15.1. The average molecular weight is 424 g/mol. The van der Waals surface area contributed by atoms with Crippen LogP contribution in [0.2, 0.25) is 0 Å². The van der Waals surface area contributed by atoms with Crippen LogP contribution in [0.3, 0.4) is 0 Å². The minimum absolute atomic E-state index is 0. The van der Waals surface area contributed by atoms with E-state index in [2.05, 4.69) is 41.0 Å². The van der Waals surface area contributed by atoms with Gasteiger partial charge in [0.05, 0.1) is 0 Å². The molecule has 0 aliphatic carbocycles. The molecule has 6 heteroatoms. The second-order valence-corrected chi connectivity index (χ2v) is 6.16. The van der Waals surface area contributed by atoms with Gasteiger partial charge in [0.25, 0.3) is 0 Å². The van der Waals surface area contributed by atoms with Gasteiger partial charge in [-0.05, 0) is 32.6 Å². The molecule has 1 aliphatic heterocycles. The fourth-order valence-electron chi connectivity index (χ4n) is 2.44. The van der Waals surface area contributed by atoms with E-state index < -0.39 is 0 Å². The molecular formula is C16H33IN4O. The van der Waals surface area contributed by atoms with E-state index in [-0.39, 0.29) is 36.5 Å². The van der Waals surface area contributed by atoms with Crippen molar-refractivity contribution in [3.05, 3.63) is 12.2 Å². The third-order valence-corrected chi connectivity index (χ3v) is 3.64. The lowest BCUT2D eigenvalue weighted by molar-refractivity contribution is 0.220. The molecule has 1 atom stereocenters. The summed E-state index contributed by atoms with van der Waals surface area (Å²) >= 11 is 0. The Labute approximate surface area is 152 Å². The molecule has 3 N–H and O–H groups in total. The molecule has 0 aromatic carbocycles. The van der Waals surface area contributed by atoms with Gasteiger partial charge < -0.3 is 15.7 Å². The second kappa shape index (κ2) is 12.1. The first-order valence-electron chi connectivity index (χ1n) is 8.07. The van der Waals surface area contributed by atoms with E-state index in [9.17, 15) is 0 Å². The minimum Gasteiger partial charge on any atom is -0.396 e. The summed E-state index contributed by atoms with van der Waals surface area (Å²) in [5.74, 6) is 1.08. The molecule has 22 heavy (non-hydrogen) atoms. The number of hydrogen-bond donors (Lipinski definition) is 3. The van der Waals surface area contributed by atoms with Crippen LogP contribution in [0.25, 0.3) is 0 Å². The molecule has 0 spiro atoms. The fraction of sp³-hybridized carbons (Fsp3) is 0.812.